The first-order valence-electron chi connectivity index (χ1n) is 6.54. The first-order chi connectivity index (χ1) is 9.67. The number of hydrogen-bond acceptors (Lipinski definition) is 5. The Balaban J connectivity index is 3.11. The lowest BCUT2D eigenvalue weighted by atomic mass is 10.1. The monoisotopic (exact) mass is 294 g/mol. The van der Waals surface area contributed by atoms with Crippen LogP contribution in [-0.4, -0.2) is 30.9 Å². The molecule has 21 heavy (non-hydrogen) atoms. The number of carbonyl (C=O) groups excluding carboxylic acids is 1. The van der Waals surface area contributed by atoms with Crippen molar-refractivity contribution in [2.75, 3.05) is 14.2 Å². The number of esters is 1. The maximum atomic E-state index is 11.9. The van der Waals surface area contributed by atoms with Gasteiger partial charge in [-0.1, -0.05) is 0 Å². The summed E-state index contributed by atoms with van der Waals surface area (Å²) in [6.45, 7) is 7.10. The molecule has 116 valence electrons. The Morgan fingerprint density at radius 2 is 1.62 bits per heavy atom. The number of methoxy groups -OCH3 is 2. The number of ether oxygens (including phenoxy) is 3. The summed E-state index contributed by atoms with van der Waals surface area (Å²) in [4.78, 5) is 11.9. The van der Waals surface area contributed by atoms with E-state index in [4.69, 9.17) is 14.2 Å². The van der Waals surface area contributed by atoms with Crippen LogP contribution in [0, 0.1) is 0 Å². The molecule has 0 unspecified atom stereocenters. The van der Waals surface area contributed by atoms with Crippen LogP contribution in [-0.2, 0) is 9.53 Å². The molecule has 0 aliphatic carbocycles. The Bertz CT molecular complexity index is 527. The highest BCUT2D eigenvalue weighted by Crippen LogP contribution is 2.37. The molecule has 0 bridgehead atoms. The van der Waals surface area contributed by atoms with E-state index in [1.165, 1.54) is 14.2 Å². The largest absolute Gasteiger partial charge is 0.502 e. The lowest BCUT2D eigenvalue weighted by Crippen LogP contribution is -2.24. The normalized spacial score (nSPS) is 12.0. The van der Waals surface area contributed by atoms with Crippen molar-refractivity contribution in [3.63, 3.8) is 0 Å². The van der Waals surface area contributed by atoms with Gasteiger partial charge in [0.1, 0.15) is 5.60 Å². The molecule has 0 saturated carbocycles. The quantitative estimate of drug-likeness (QED) is 0.682. The molecule has 0 saturated heterocycles. The Morgan fingerprint density at radius 3 is 2.00 bits per heavy atom. The molecular formula is C16H22O5. The van der Waals surface area contributed by atoms with Crippen molar-refractivity contribution in [3.05, 3.63) is 23.3 Å². The summed E-state index contributed by atoms with van der Waals surface area (Å²) in [6, 6.07) is 3.23. The summed E-state index contributed by atoms with van der Waals surface area (Å²) in [5, 5.41) is 9.85. The van der Waals surface area contributed by atoms with E-state index in [1.807, 2.05) is 20.8 Å². The van der Waals surface area contributed by atoms with Crippen LogP contribution in [0.25, 0.3) is 6.08 Å². The van der Waals surface area contributed by atoms with E-state index in [-0.39, 0.29) is 17.2 Å². The Labute approximate surface area is 125 Å². The molecule has 0 aliphatic rings. The average molecular weight is 294 g/mol. The number of phenols is 1. The van der Waals surface area contributed by atoms with Crippen LogP contribution >= 0.6 is 0 Å². The van der Waals surface area contributed by atoms with E-state index in [9.17, 15) is 9.90 Å². The molecule has 1 aromatic carbocycles. The number of carbonyl (C=O) groups is 1. The summed E-state index contributed by atoms with van der Waals surface area (Å²) in [5.41, 5.74) is 0.570. The highest BCUT2D eigenvalue weighted by molar-refractivity contribution is 5.93. The molecule has 0 radical (unpaired) electrons. The van der Waals surface area contributed by atoms with Crippen LogP contribution in [0.1, 0.15) is 33.3 Å². The van der Waals surface area contributed by atoms with Crippen molar-refractivity contribution in [2.24, 2.45) is 0 Å². The van der Waals surface area contributed by atoms with Gasteiger partial charge in [-0.3, -0.25) is 0 Å². The molecule has 5 heteroatoms. The van der Waals surface area contributed by atoms with Gasteiger partial charge >= 0.3 is 5.97 Å². The van der Waals surface area contributed by atoms with Gasteiger partial charge in [-0.25, -0.2) is 4.79 Å². The third-order valence-electron chi connectivity index (χ3n) is 2.61. The molecule has 1 rings (SSSR count). The van der Waals surface area contributed by atoms with Gasteiger partial charge in [0.2, 0.25) is 5.75 Å². The molecule has 0 aromatic heterocycles. The summed E-state index contributed by atoms with van der Waals surface area (Å²) < 4.78 is 15.4. The molecule has 0 amide bonds. The fraction of sp³-hybridized carbons (Fsp3) is 0.438. The second-order valence-electron chi connectivity index (χ2n) is 5.60. The van der Waals surface area contributed by atoms with Crippen molar-refractivity contribution < 1.29 is 24.1 Å². The molecule has 0 spiro atoms. The van der Waals surface area contributed by atoms with Crippen LogP contribution in [0.3, 0.4) is 0 Å². The van der Waals surface area contributed by atoms with Gasteiger partial charge in [0.15, 0.2) is 11.5 Å². The highest BCUT2D eigenvalue weighted by Gasteiger charge is 2.18. The first kappa shape index (κ1) is 16.9. The topological polar surface area (TPSA) is 65.0 Å². The van der Waals surface area contributed by atoms with Crippen molar-refractivity contribution in [1.82, 2.24) is 0 Å². The first-order valence-corrected chi connectivity index (χ1v) is 6.54. The van der Waals surface area contributed by atoms with Gasteiger partial charge in [-0.2, -0.15) is 0 Å². The zero-order chi connectivity index (χ0) is 16.2. The fourth-order valence-corrected chi connectivity index (χ4v) is 1.66. The molecule has 0 atom stereocenters. The third-order valence-corrected chi connectivity index (χ3v) is 2.61. The van der Waals surface area contributed by atoms with Gasteiger partial charge in [-0.05, 0) is 51.5 Å². The zero-order valence-corrected chi connectivity index (χ0v) is 13.3. The predicted octanol–water partition coefficient (Wildman–Crippen LogP) is 3.15. The Kier molecular flexibility index (Phi) is 5.24. The van der Waals surface area contributed by atoms with Crippen LogP contribution in [0.5, 0.6) is 17.2 Å². The number of phenolic OH excluding ortho intramolecular Hbond substituents is 1. The second kappa shape index (κ2) is 6.52. The van der Waals surface area contributed by atoms with E-state index < -0.39 is 11.6 Å². The van der Waals surface area contributed by atoms with Crippen LogP contribution < -0.4 is 9.47 Å². The van der Waals surface area contributed by atoms with Crippen molar-refractivity contribution >= 4 is 12.0 Å². The van der Waals surface area contributed by atoms with E-state index >= 15 is 0 Å². The molecule has 0 fully saturated rings. The SMILES string of the molecule is COc1cc(/C=C(\C)C(=O)OC(C)(C)C)cc(OC)c1O. The Morgan fingerprint density at radius 1 is 1.14 bits per heavy atom. The minimum Gasteiger partial charge on any atom is -0.502 e. The smallest absolute Gasteiger partial charge is 0.334 e. The number of benzene rings is 1. The molecule has 0 heterocycles. The van der Waals surface area contributed by atoms with Gasteiger partial charge in [-0.15, -0.1) is 0 Å². The Hall–Kier alpha value is -2.17. The third kappa shape index (κ3) is 4.70. The molecule has 5 nitrogen and oxygen atoms in total. The lowest BCUT2D eigenvalue weighted by Gasteiger charge is -2.19. The summed E-state index contributed by atoms with van der Waals surface area (Å²) in [7, 11) is 2.89. The second-order valence-corrected chi connectivity index (χ2v) is 5.60. The van der Waals surface area contributed by atoms with Gasteiger partial charge in [0.25, 0.3) is 0 Å². The lowest BCUT2D eigenvalue weighted by molar-refractivity contribution is -0.149. The van der Waals surface area contributed by atoms with Gasteiger partial charge in [0.05, 0.1) is 14.2 Å². The van der Waals surface area contributed by atoms with Crippen LogP contribution in [0.4, 0.5) is 0 Å². The van der Waals surface area contributed by atoms with Crippen LogP contribution in [0.2, 0.25) is 0 Å². The van der Waals surface area contributed by atoms with Gasteiger partial charge < -0.3 is 19.3 Å². The molecular weight excluding hydrogens is 272 g/mol. The maximum Gasteiger partial charge on any atom is 0.334 e. The summed E-state index contributed by atoms with van der Waals surface area (Å²) >= 11 is 0. The maximum absolute atomic E-state index is 11.9. The zero-order valence-electron chi connectivity index (χ0n) is 13.3. The van der Waals surface area contributed by atoms with Crippen molar-refractivity contribution in [2.45, 2.75) is 33.3 Å². The standard InChI is InChI=1S/C16H22O5/c1-10(15(18)21-16(2,3)4)7-11-8-12(19-5)14(17)13(9-11)20-6/h7-9,17H,1-6H3/b10-7+. The minimum absolute atomic E-state index is 0.0768. The van der Waals surface area contributed by atoms with Crippen molar-refractivity contribution in [1.29, 1.82) is 0 Å². The summed E-state index contributed by atoms with van der Waals surface area (Å²) in [5.74, 6) is 0.0794. The summed E-state index contributed by atoms with van der Waals surface area (Å²) in [6.07, 6.45) is 1.65. The van der Waals surface area contributed by atoms with E-state index in [2.05, 4.69) is 0 Å². The van der Waals surface area contributed by atoms with E-state index in [0.717, 1.165) is 0 Å². The number of aromatic hydroxyl groups is 1. The average Bonchev–Trinajstić information content (AvgIpc) is 2.38. The van der Waals surface area contributed by atoms with E-state index in [1.54, 1.807) is 25.1 Å². The van der Waals surface area contributed by atoms with E-state index in [0.29, 0.717) is 11.1 Å². The minimum atomic E-state index is -0.545. The highest BCUT2D eigenvalue weighted by atomic mass is 16.6. The molecule has 1 aromatic rings. The number of hydrogen-bond donors (Lipinski definition) is 1. The fourth-order valence-electron chi connectivity index (χ4n) is 1.66. The number of rotatable bonds is 4. The molecule has 1 N–H and O–H groups in total. The molecule has 0 aliphatic heterocycles. The van der Waals surface area contributed by atoms with Crippen LogP contribution in [0.15, 0.2) is 17.7 Å². The van der Waals surface area contributed by atoms with Crippen molar-refractivity contribution in [3.8, 4) is 17.2 Å². The van der Waals surface area contributed by atoms with Gasteiger partial charge in [0, 0.05) is 5.57 Å². The predicted molar refractivity (Wildman–Crippen MR) is 80.7 cm³/mol.